The molecule has 2 unspecified atom stereocenters. The SMILES string of the molecule is [2H]OC1C=C[C@@]2([2H])[C@@H]3N(C([2H])([2H])[2H])CC[C@@]24c2c(ccc(OC)c2OC14[2H])C3([2H])[2H]. The summed E-state index contributed by atoms with van der Waals surface area (Å²) in [6, 6.07) is 1.66. The fourth-order valence-corrected chi connectivity index (χ4v) is 4.30. The molecule has 2 bridgehead atoms. The van der Waals surface area contributed by atoms with Crippen LogP contribution in [-0.4, -0.2) is 50.3 Å². The molecule has 1 aromatic carbocycles. The summed E-state index contributed by atoms with van der Waals surface area (Å²) in [5, 5.41) is 4.81. The number of rotatable bonds is 2. The summed E-state index contributed by atoms with van der Waals surface area (Å²) in [4.78, 5) is 1.06. The second-order valence-electron chi connectivity index (χ2n) is 6.12. The second kappa shape index (κ2) is 4.06. The predicted octanol–water partition coefficient (Wildman–Crippen LogP) is 1.50. The number of hydrogen-bond donors (Lipinski definition) is 1. The van der Waals surface area contributed by atoms with E-state index in [0.717, 1.165) is 4.90 Å². The van der Waals surface area contributed by atoms with Gasteiger partial charge in [-0.3, -0.25) is 0 Å². The highest BCUT2D eigenvalue weighted by molar-refractivity contribution is 5.62. The van der Waals surface area contributed by atoms with E-state index in [1.807, 2.05) is 0 Å². The third-order valence-corrected chi connectivity index (χ3v) is 5.23. The minimum atomic E-state index is -2.62. The van der Waals surface area contributed by atoms with Crippen molar-refractivity contribution in [1.82, 2.24) is 4.90 Å². The normalized spacial score (nSPS) is 55.9. The van der Waals surface area contributed by atoms with Crippen molar-refractivity contribution >= 4 is 0 Å². The minimum absolute atomic E-state index is 0.0556. The second-order valence-corrected chi connectivity index (χ2v) is 6.12. The number of hydrogen-bond acceptors (Lipinski definition) is 4. The molecule has 2 heterocycles. The van der Waals surface area contributed by atoms with Crippen molar-refractivity contribution in [3.8, 4) is 11.5 Å². The number of aliphatic hydroxyl groups is 1. The molecule has 4 nitrogen and oxygen atoms in total. The number of methoxy groups -OCH3 is 1. The molecule has 4 aliphatic rings. The molecule has 116 valence electrons. The van der Waals surface area contributed by atoms with Gasteiger partial charge >= 0.3 is 0 Å². The lowest BCUT2D eigenvalue weighted by Gasteiger charge is -2.56. The Bertz CT molecular complexity index is 967. The van der Waals surface area contributed by atoms with Crippen LogP contribution in [0.2, 0.25) is 0 Å². The van der Waals surface area contributed by atoms with E-state index in [1.165, 1.54) is 31.4 Å². The quantitative estimate of drug-likeness (QED) is 0.841. The molecule has 4 heteroatoms. The molecule has 2 aliphatic heterocycles. The minimum Gasteiger partial charge on any atom is -0.493 e. The van der Waals surface area contributed by atoms with Crippen molar-refractivity contribution < 1.29 is 24.2 Å². The van der Waals surface area contributed by atoms with E-state index in [2.05, 4.69) is 0 Å². The van der Waals surface area contributed by atoms with Gasteiger partial charge in [-0.15, -0.1) is 0 Å². The van der Waals surface area contributed by atoms with E-state index in [4.69, 9.17) is 22.9 Å². The number of piperidine rings is 1. The van der Waals surface area contributed by atoms with Gasteiger partial charge in [0.2, 0.25) is 1.43 Å². The Hall–Kier alpha value is -1.52. The standard InChI is InChI=1S/C18H21NO3/c1-19-8-7-18-11-4-5-13(20)17(18)22-16-14(21-2)6-3-10(15(16)18)9-12(11)19/h3-6,11-13,17,20H,7-9H2,1-2H3/t11-,12+,13?,17?,18-/m0/s1/i1D3,9D2,11D,17D,20D. The number of benzene rings is 1. The van der Waals surface area contributed by atoms with Crippen molar-refractivity contribution in [3.05, 3.63) is 35.4 Å². The zero-order chi connectivity index (χ0) is 21.9. The molecule has 22 heavy (non-hydrogen) atoms. The molecule has 5 atom stereocenters. The topological polar surface area (TPSA) is 41.9 Å². The van der Waals surface area contributed by atoms with Gasteiger partial charge in [-0.2, -0.15) is 0 Å². The first-order valence-electron chi connectivity index (χ1n) is 11.3. The third kappa shape index (κ3) is 1.28. The smallest absolute Gasteiger partial charge is 0.211 e. The zero-order valence-electron chi connectivity index (χ0n) is 20.1. The van der Waals surface area contributed by atoms with Gasteiger partial charge in [-0.05, 0) is 37.9 Å². The molecular weight excluding hydrogens is 278 g/mol. The van der Waals surface area contributed by atoms with E-state index in [9.17, 15) is 2.74 Å². The summed E-state index contributed by atoms with van der Waals surface area (Å²) in [6.07, 6.45) is -2.51. The number of likely N-dealkylation sites (tertiary alicyclic amines) is 1. The van der Waals surface area contributed by atoms with Crippen LogP contribution in [0.3, 0.4) is 0 Å². The van der Waals surface area contributed by atoms with Crippen molar-refractivity contribution in [2.75, 3.05) is 20.6 Å². The van der Waals surface area contributed by atoms with Gasteiger partial charge in [-0.1, -0.05) is 18.2 Å². The van der Waals surface area contributed by atoms with Crippen LogP contribution in [0.4, 0.5) is 0 Å². The van der Waals surface area contributed by atoms with Gasteiger partial charge in [0.15, 0.2) is 11.5 Å². The summed E-state index contributed by atoms with van der Waals surface area (Å²) in [7, 11) is 1.43. The third-order valence-electron chi connectivity index (χ3n) is 5.23. The van der Waals surface area contributed by atoms with Gasteiger partial charge in [0.05, 0.1) is 8.48 Å². The number of likely N-dealkylation sites (N-methyl/N-ethyl adjacent to an activating group) is 1. The van der Waals surface area contributed by atoms with Crippen LogP contribution >= 0.6 is 0 Å². The molecule has 5 rings (SSSR count). The van der Waals surface area contributed by atoms with E-state index < -0.39 is 42.9 Å². The summed E-state index contributed by atoms with van der Waals surface area (Å²) in [5.41, 5.74) is -0.893. The highest BCUT2D eigenvalue weighted by Crippen LogP contribution is 2.62. The highest BCUT2D eigenvalue weighted by atomic mass is 16.5. The van der Waals surface area contributed by atoms with Crippen LogP contribution < -0.4 is 9.47 Å². The Morgan fingerprint density at radius 2 is 2.55 bits per heavy atom. The first kappa shape index (κ1) is 7.37. The Balaban J connectivity index is 1.92. The lowest BCUT2D eigenvalue weighted by molar-refractivity contribution is -0.0453. The van der Waals surface area contributed by atoms with Crippen LogP contribution in [0.1, 0.15) is 27.1 Å². The molecule has 2 aliphatic carbocycles. The summed E-state index contributed by atoms with van der Waals surface area (Å²) in [5.74, 6) is -1.38. The molecule has 1 fully saturated rings. The molecule has 0 amide bonds. The average Bonchev–Trinajstić information content (AvgIpc) is 2.92. The fraction of sp³-hybridized carbons (Fsp3) is 0.556. The van der Waals surface area contributed by atoms with E-state index >= 15 is 0 Å². The summed E-state index contributed by atoms with van der Waals surface area (Å²) in [6.45, 7) is -2.68. The first-order chi connectivity index (χ1) is 13.9. The van der Waals surface area contributed by atoms with E-state index in [1.54, 1.807) is 0 Å². The lowest BCUT2D eigenvalue weighted by Crippen LogP contribution is -2.64. The van der Waals surface area contributed by atoms with E-state index in [-0.39, 0.29) is 24.3 Å². The molecule has 0 aromatic heterocycles. The molecule has 1 N–H and O–H groups in total. The van der Waals surface area contributed by atoms with Gasteiger partial charge in [0.25, 0.3) is 0 Å². The average molecular weight is 307 g/mol. The summed E-state index contributed by atoms with van der Waals surface area (Å²) < 4.78 is 79.6. The number of nitrogens with zero attached hydrogens (tertiary/aromatic N) is 1. The van der Waals surface area contributed by atoms with Crippen molar-refractivity contribution in [2.24, 2.45) is 5.89 Å². The largest absolute Gasteiger partial charge is 0.493 e. The Morgan fingerprint density at radius 1 is 1.59 bits per heavy atom. The zero-order valence-corrected chi connectivity index (χ0v) is 12.1. The van der Waals surface area contributed by atoms with Crippen LogP contribution in [-0.2, 0) is 11.8 Å². The fourth-order valence-electron chi connectivity index (χ4n) is 4.30. The molecule has 0 saturated carbocycles. The van der Waals surface area contributed by atoms with Crippen molar-refractivity contribution in [2.45, 2.75) is 36.4 Å². The maximum atomic E-state index is 9.49. The summed E-state index contributed by atoms with van der Waals surface area (Å²) >= 11 is 0. The number of aliphatic hydroxyl groups excluding tert-OH is 1. The Labute approximate surface area is 141 Å². The van der Waals surface area contributed by atoms with Gasteiger partial charge in [0.1, 0.15) is 12.2 Å². The van der Waals surface area contributed by atoms with Crippen molar-refractivity contribution in [1.29, 1.82) is 1.43 Å². The molecular formula is C18H21NO3. The molecule has 1 aromatic rings. The number of ether oxygens (including phenoxy) is 2. The van der Waals surface area contributed by atoms with Crippen molar-refractivity contribution in [3.63, 3.8) is 0 Å². The monoisotopic (exact) mass is 307 g/mol. The van der Waals surface area contributed by atoms with Crippen LogP contribution in [0.15, 0.2) is 24.3 Å². The molecule has 1 saturated heterocycles. The molecule has 0 radical (unpaired) electrons. The van der Waals surface area contributed by atoms with Crippen LogP contribution in [0, 0.1) is 5.89 Å². The van der Waals surface area contributed by atoms with Crippen LogP contribution in [0.5, 0.6) is 11.5 Å². The Morgan fingerprint density at radius 3 is 3.36 bits per heavy atom. The van der Waals surface area contributed by atoms with Gasteiger partial charge in [0, 0.05) is 31.1 Å². The van der Waals surface area contributed by atoms with E-state index in [0.29, 0.717) is 11.3 Å². The Kier molecular flexibility index (Phi) is 1.36. The van der Waals surface area contributed by atoms with Gasteiger partial charge in [-0.25, -0.2) is 0 Å². The van der Waals surface area contributed by atoms with Crippen LogP contribution in [0.25, 0.3) is 0 Å². The lowest BCUT2D eigenvalue weighted by atomic mass is 9.53. The predicted molar refractivity (Wildman–Crippen MR) is 82.5 cm³/mol. The van der Waals surface area contributed by atoms with Gasteiger partial charge < -0.3 is 19.5 Å². The molecule has 1 spiro atoms. The highest BCUT2D eigenvalue weighted by Gasteiger charge is 2.64. The first-order valence-corrected chi connectivity index (χ1v) is 7.39. The maximum absolute atomic E-state index is 9.49. The maximum Gasteiger partial charge on any atom is 0.211 e.